The van der Waals surface area contributed by atoms with Crippen LogP contribution in [0, 0.1) is 7.14 Å². The van der Waals surface area contributed by atoms with E-state index in [4.69, 9.17) is 4.74 Å². The fraction of sp³-hybridized carbons (Fsp3) is 0.519. The van der Waals surface area contributed by atoms with Crippen molar-refractivity contribution in [3.63, 3.8) is 0 Å². The number of ether oxygens (including phenoxy) is 1. The highest BCUT2D eigenvalue weighted by molar-refractivity contribution is 14.1. The third-order valence-electron chi connectivity index (χ3n) is 7.24. The number of nitrogens with zero attached hydrogens (tertiary/aromatic N) is 3. The first-order valence-corrected chi connectivity index (χ1v) is 14.6. The summed E-state index contributed by atoms with van der Waals surface area (Å²) in [5, 5.41) is 3.52. The van der Waals surface area contributed by atoms with Gasteiger partial charge in [-0.25, -0.2) is 4.79 Å². The zero-order chi connectivity index (χ0) is 24.7. The van der Waals surface area contributed by atoms with Crippen LogP contribution < -0.4 is 15.1 Å². The second kappa shape index (κ2) is 11.4. The number of benzene rings is 2. The summed E-state index contributed by atoms with van der Waals surface area (Å²) in [5.41, 5.74) is 2.22. The normalized spacial score (nSPS) is 26.0. The van der Waals surface area contributed by atoms with Crippen molar-refractivity contribution in [2.45, 2.75) is 63.4 Å². The van der Waals surface area contributed by atoms with Gasteiger partial charge < -0.3 is 24.8 Å². The molecule has 2 aromatic carbocycles. The lowest BCUT2D eigenvalue weighted by molar-refractivity contribution is 0.0214. The molecule has 4 saturated heterocycles. The van der Waals surface area contributed by atoms with Gasteiger partial charge in [-0.3, -0.25) is 0 Å². The summed E-state index contributed by atoms with van der Waals surface area (Å²) in [7, 11) is 0. The molecular weight excluding hydrogens is 702 g/mol. The lowest BCUT2D eigenvalue weighted by Crippen LogP contribution is -2.50. The molecule has 1 N–H and O–H groups in total. The molecule has 4 unspecified atom stereocenters. The molecular formula is C27H35ClI2N4O2. The van der Waals surface area contributed by atoms with Gasteiger partial charge in [-0.1, -0.05) is 0 Å². The van der Waals surface area contributed by atoms with Gasteiger partial charge in [0, 0.05) is 62.8 Å². The maximum atomic E-state index is 12.2. The summed E-state index contributed by atoms with van der Waals surface area (Å²) in [6, 6.07) is 19.6. The molecule has 0 aromatic heterocycles. The summed E-state index contributed by atoms with van der Waals surface area (Å²) < 4.78 is 8.06. The van der Waals surface area contributed by atoms with Gasteiger partial charge in [0.15, 0.2) is 0 Å². The first kappa shape index (κ1) is 28.0. The SMILES string of the molecule is CC(C)(C)OC(=O)N1CC2CC1CN2c1ccc(I)cc1.Cl.Ic1ccc(N2CC3CC2CN3)cc1. The van der Waals surface area contributed by atoms with Crippen molar-refractivity contribution in [3.05, 3.63) is 55.7 Å². The number of amides is 1. The van der Waals surface area contributed by atoms with E-state index in [1.807, 2.05) is 25.7 Å². The molecule has 36 heavy (non-hydrogen) atoms. The quantitative estimate of drug-likeness (QED) is 0.399. The molecule has 6 rings (SSSR count). The number of hydrogen-bond acceptors (Lipinski definition) is 5. The number of hydrogen-bond donors (Lipinski definition) is 1. The predicted molar refractivity (Wildman–Crippen MR) is 166 cm³/mol. The van der Waals surface area contributed by atoms with Gasteiger partial charge in [0.2, 0.25) is 0 Å². The molecule has 4 bridgehead atoms. The number of likely N-dealkylation sites (tertiary alicyclic amines) is 1. The van der Waals surface area contributed by atoms with Crippen LogP contribution >= 0.6 is 57.6 Å². The molecule has 196 valence electrons. The van der Waals surface area contributed by atoms with Gasteiger partial charge in [0.1, 0.15) is 5.60 Å². The van der Waals surface area contributed by atoms with Crippen LogP contribution in [0.5, 0.6) is 0 Å². The van der Waals surface area contributed by atoms with Crippen LogP contribution in [0.3, 0.4) is 0 Å². The molecule has 0 radical (unpaired) electrons. The van der Waals surface area contributed by atoms with Gasteiger partial charge >= 0.3 is 6.09 Å². The van der Waals surface area contributed by atoms with E-state index in [0.29, 0.717) is 6.04 Å². The van der Waals surface area contributed by atoms with Crippen LogP contribution in [-0.2, 0) is 4.74 Å². The van der Waals surface area contributed by atoms with Gasteiger partial charge in [-0.05, 0) is 127 Å². The van der Waals surface area contributed by atoms with Gasteiger partial charge in [0.25, 0.3) is 0 Å². The van der Waals surface area contributed by atoms with E-state index in [0.717, 1.165) is 38.1 Å². The number of rotatable bonds is 2. The first-order chi connectivity index (χ1) is 16.7. The zero-order valence-corrected chi connectivity index (χ0v) is 26.1. The van der Waals surface area contributed by atoms with Crippen molar-refractivity contribution in [1.82, 2.24) is 10.2 Å². The van der Waals surface area contributed by atoms with Crippen molar-refractivity contribution in [2.75, 3.05) is 36.0 Å². The Balaban J connectivity index is 0.000000176. The fourth-order valence-electron chi connectivity index (χ4n) is 5.67. The third-order valence-corrected chi connectivity index (χ3v) is 8.68. The van der Waals surface area contributed by atoms with Crippen LogP contribution in [0.25, 0.3) is 0 Å². The monoisotopic (exact) mass is 736 g/mol. The van der Waals surface area contributed by atoms with Gasteiger partial charge in [0.05, 0.1) is 6.04 Å². The third kappa shape index (κ3) is 6.35. The largest absolute Gasteiger partial charge is 0.444 e. The lowest BCUT2D eigenvalue weighted by atomic mass is 10.2. The number of fused-ring (bicyclic) bond motifs is 4. The molecule has 4 aliphatic rings. The van der Waals surface area contributed by atoms with Crippen molar-refractivity contribution < 1.29 is 9.53 Å². The van der Waals surface area contributed by atoms with Crippen molar-refractivity contribution in [1.29, 1.82) is 0 Å². The second-order valence-corrected chi connectivity index (χ2v) is 13.4. The Morgan fingerprint density at radius 2 is 1.39 bits per heavy atom. The Kier molecular flexibility index (Phi) is 8.89. The number of carbonyl (C=O) groups is 1. The standard InChI is InChI=1S/C16H21IN2O2.C11H13IN2.ClH/c1-16(2,3)21-15(20)19-10-13-8-14(19)9-18(13)12-6-4-11(17)5-7-12;12-8-1-3-10(4-2-8)14-7-9-5-11(14)6-13-9;/h4-7,13-14H,8-10H2,1-3H3;1-4,9,11,13H,5-7H2;1H. The molecule has 1 amide bonds. The van der Waals surface area contributed by atoms with Crippen molar-refractivity contribution >= 4 is 75.1 Å². The Morgan fingerprint density at radius 3 is 1.81 bits per heavy atom. The van der Waals surface area contributed by atoms with E-state index in [1.54, 1.807) is 0 Å². The molecule has 4 atom stereocenters. The second-order valence-electron chi connectivity index (χ2n) is 10.9. The summed E-state index contributed by atoms with van der Waals surface area (Å²) in [4.78, 5) is 19.1. The highest BCUT2D eigenvalue weighted by Crippen LogP contribution is 2.35. The predicted octanol–water partition coefficient (Wildman–Crippen LogP) is 5.75. The highest BCUT2D eigenvalue weighted by Gasteiger charge is 2.46. The Labute approximate surface area is 248 Å². The maximum Gasteiger partial charge on any atom is 0.410 e. The van der Waals surface area contributed by atoms with Crippen molar-refractivity contribution in [2.24, 2.45) is 0 Å². The van der Waals surface area contributed by atoms with E-state index >= 15 is 0 Å². The zero-order valence-electron chi connectivity index (χ0n) is 21.0. The first-order valence-electron chi connectivity index (χ1n) is 12.4. The fourth-order valence-corrected chi connectivity index (χ4v) is 6.39. The summed E-state index contributed by atoms with van der Waals surface area (Å²) in [6.45, 7) is 9.77. The Morgan fingerprint density at radius 1 is 0.833 bits per heavy atom. The molecule has 4 aliphatic heterocycles. The maximum absolute atomic E-state index is 12.2. The topological polar surface area (TPSA) is 48.1 Å². The Bertz CT molecular complexity index is 1050. The lowest BCUT2D eigenvalue weighted by Gasteiger charge is -2.36. The van der Waals surface area contributed by atoms with E-state index < -0.39 is 5.60 Å². The average Bonchev–Trinajstić information content (AvgIpc) is 3.60. The van der Waals surface area contributed by atoms with E-state index in [9.17, 15) is 4.79 Å². The number of anilines is 2. The minimum atomic E-state index is -0.422. The summed E-state index contributed by atoms with van der Waals surface area (Å²) >= 11 is 4.67. The van der Waals surface area contributed by atoms with E-state index in [1.165, 1.54) is 31.5 Å². The number of piperazine rings is 2. The van der Waals surface area contributed by atoms with E-state index in [-0.39, 0.29) is 24.5 Å². The molecule has 2 aromatic rings. The average molecular weight is 737 g/mol. The molecule has 9 heteroatoms. The molecule has 4 fully saturated rings. The van der Waals surface area contributed by atoms with Gasteiger partial charge in [-0.2, -0.15) is 0 Å². The minimum Gasteiger partial charge on any atom is -0.444 e. The van der Waals surface area contributed by atoms with Crippen LogP contribution in [0.2, 0.25) is 0 Å². The van der Waals surface area contributed by atoms with Crippen LogP contribution in [-0.4, -0.2) is 66.9 Å². The summed E-state index contributed by atoms with van der Waals surface area (Å²) in [6.07, 6.45) is 2.20. The van der Waals surface area contributed by atoms with Crippen LogP contribution in [0.1, 0.15) is 33.6 Å². The smallest absolute Gasteiger partial charge is 0.410 e. The molecule has 0 saturated carbocycles. The number of halogens is 3. The number of nitrogens with one attached hydrogen (secondary N) is 1. The van der Waals surface area contributed by atoms with Crippen LogP contribution in [0.4, 0.5) is 16.2 Å². The molecule has 6 nitrogen and oxygen atoms in total. The molecule has 0 aliphatic carbocycles. The van der Waals surface area contributed by atoms with Gasteiger partial charge in [-0.15, -0.1) is 12.4 Å². The Hall–Kier alpha value is -0.980. The number of carbonyl (C=O) groups excluding carboxylic acids is 1. The minimum absolute atomic E-state index is 0. The van der Waals surface area contributed by atoms with Crippen LogP contribution in [0.15, 0.2) is 48.5 Å². The highest BCUT2D eigenvalue weighted by atomic mass is 127. The molecule has 0 spiro atoms. The van der Waals surface area contributed by atoms with E-state index in [2.05, 4.69) is 109 Å². The molecule has 4 heterocycles. The van der Waals surface area contributed by atoms with Crippen molar-refractivity contribution in [3.8, 4) is 0 Å². The summed E-state index contributed by atoms with van der Waals surface area (Å²) in [5.74, 6) is 0.